The van der Waals surface area contributed by atoms with Crippen LogP contribution in [0.3, 0.4) is 0 Å². The van der Waals surface area contributed by atoms with Gasteiger partial charge in [-0.3, -0.25) is 4.68 Å². The largest absolute Gasteiger partial charge is 0.496 e. The molecule has 1 aromatic heterocycles. The maximum atomic E-state index is 5.43. The van der Waals surface area contributed by atoms with Crippen LogP contribution < -0.4 is 15.4 Å². The van der Waals surface area contributed by atoms with Gasteiger partial charge < -0.3 is 15.4 Å². The number of ether oxygens (including phenoxy) is 1. The normalized spacial score (nSPS) is 11.3. The molecule has 0 atom stereocenters. The number of aromatic nitrogens is 2. The van der Waals surface area contributed by atoms with Crippen LogP contribution in [0.15, 0.2) is 72.0 Å². The first-order valence-corrected chi connectivity index (χ1v) is 9.98. The van der Waals surface area contributed by atoms with Gasteiger partial charge in [-0.05, 0) is 42.2 Å². The molecule has 152 valence electrons. The van der Waals surface area contributed by atoms with E-state index in [1.54, 1.807) is 13.3 Å². The molecule has 6 heteroatoms. The van der Waals surface area contributed by atoms with Crippen molar-refractivity contribution in [3.8, 4) is 5.75 Å². The minimum atomic E-state index is 0.613. The SMILES string of the molecule is CCNC(=NCc1ccccc1Cn1cccn1)NCCc1ccccc1OC. The van der Waals surface area contributed by atoms with Crippen molar-refractivity contribution in [2.75, 3.05) is 20.2 Å². The summed E-state index contributed by atoms with van der Waals surface area (Å²) >= 11 is 0. The second-order valence-corrected chi connectivity index (χ2v) is 6.66. The van der Waals surface area contributed by atoms with Crippen LogP contribution in [0.2, 0.25) is 0 Å². The smallest absolute Gasteiger partial charge is 0.191 e. The Bertz CT molecular complexity index is 905. The first-order valence-electron chi connectivity index (χ1n) is 9.98. The van der Waals surface area contributed by atoms with Crippen LogP contribution in [-0.2, 0) is 19.5 Å². The average molecular weight is 392 g/mol. The van der Waals surface area contributed by atoms with Crippen LogP contribution >= 0.6 is 0 Å². The lowest BCUT2D eigenvalue weighted by Gasteiger charge is -2.13. The van der Waals surface area contributed by atoms with Gasteiger partial charge in [0.2, 0.25) is 0 Å². The zero-order valence-electron chi connectivity index (χ0n) is 17.1. The molecule has 0 fully saturated rings. The molecule has 3 rings (SSSR count). The number of nitrogens with one attached hydrogen (secondary N) is 2. The van der Waals surface area contributed by atoms with E-state index in [0.717, 1.165) is 37.8 Å². The Balaban J connectivity index is 1.62. The lowest BCUT2D eigenvalue weighted by molar-refractivity contribution is 0.409. The molecule has 0 aliphatic carbocycles. The third-order valence-corrected chi connectivity index (χ3v) is 4.64. The number of aliphatic imine (C=N–C) groups is 1. The number of nitrogens with zero attached hydrogens (tertiary/aromatic N) is 3. The lowest BCUT2D eigenvalue weighted by Crippen LogP contribution is -2.38. The summed E-state index contributed by atoms with van der Waals surface area (Å²) in [4.78, 5) is 4.78. The molecule has 29 heavy (non-hydrogen) atoms. The van der Waals surface area contributed by atoms with E-state index in [-0.39, 0.29) is 0 Å². The van der Waals surface area contributed by atoms with E-state index in [0.29, 0.717) is 6.54 Å². The minimum absolute atomic E-state index is 0.613. The molecule has 0 saturated carbocycles. The zero-order valence-corrected chi connectivity index (χ0v) is 17.1. The quantitative estimate of drug-likeness (QED) is 0.434. The fraction of sp³-hybridized carbons (Fsp3) is 0.304. The number of hydrogen-bond acceptors (Lipinski definition) is 3. The first kappa shape index (κ1) is 20.5. The summed E-state index contributed by atoms with van der Waals surface area (Å²) in [7, 11) is 1.71. The van der Waals surface area contributed by atoms with Gasteiger partial charge in [0.05, 0.1) is 20.2 Å². The molecule has 1 heterocycles. The molecule has 0 aliphatic heterocycles. The molecular weight excluding hydrogens is 362 g/mol. The topological polar surface area (TPSA) is 63.5 Å². The molecule has 0 unspecified atom stereocenters. The first-order chi connectivity index (χ1) is 14.3. The molecule has 0 radical (unpaired) electrons. The van der Waals surface area contributed by atoms with E-state index in [4.69, 9.17) is 9.73 Å². The second-order valence-electron chi connectivity index (χ2n) is 6.66. The second kappa shape index (κ2) is 10.9. The molecule has 0 amide bonds. The van der Waals surface area contributed by atoms with Crippen LogP contribution in [0.5, 0.6) is 5.75 Å². The van der Waals surface area contributed by atoms with E-state index in [9.17, 15) is 0 Å². The zero-order chi connectivity index (χ0) is 20.3. The highest BCUT2D eigenvalue weighted by Crippen LogP contribution is 2.17. The van der Waals surface area contributed by atoms with Crippen LogP contribution in [0.25, 0.3) is 0 Å². The van der Waals surface area contributed by atoms with Crippen LogP contribution in [-0.4, -0.2) is 35.9 Å². The van der Waals surface area contributed by atoms with Gasteiger partial charge in [0.1, 0.15) is 5.75 Å². The van der Waals surface area contributed by atoms with Gasteiger partial charge in [-0.15, -0.1) is 0 Å². The predicted octanol–water partition coefficient (Wildman–Crippen LogP) is 3.24. The van der Waals surface area contributed by atoms with Gasteiger partial charge in [0, 0.05) is 25.5 Å². The molecular formula is C23H29N5O. The third-order valence-electron chi connectivity index (χ3n) is 4.64. The van der Waals surface area contributed by atoms with Gasteiger partial charge >= 0.3 is 0 Å². The number of para-hydroxylation sites is 1. The summed E-state index contributed by atoms with van der Waals surface area (Å²) in [6.07, 6.45) is 4.64. The van der Waals surface area contributed by atoms with Crippen molar-refractivity contribution in [3.63, 3.8) is 0 Å². The summed E-state index contributed by atoms with van der Waals surface area (Å²) < 4.78 is 7.36. The number of guanidine groups is 1. The summed E-state index contributed by atoms with van der Waals surface area (Å²) in [5.41, 5.74) is 3.61. The Morgan fingerprint density at radius 3 is 2.48 bits per heavy atom. The van der Waals surface area contributed by atoms with Gasteiger partial charge in [0.25, 0.3) is 0 Å². The molecule has 0 spiro atoms. The maximum Gasteiger partial charge on any atom is 0.191 e. The molecule has 0 saturated heterocycles. The van der Waals surface area contributed by atoms with E-state index in [1.165, 1.54) is 16.7 Å². The van der Waals surface area contributed by atoms with E-state index in [2.05, 4.69) is 53.0 Å². The van der Waals surface area contributed by atoms with E-state index < -0.39 is 0 Å². The van der Waals surface area contributed by atoms with Crippen molar-refractivity contribution in [3.05, 3.63) is 83.7 Å². The fourth-order valence-corrected chi connectivity index (χ4v) is 3.17. The Morgan fingerprint density at radius 1 is 1.00 bits per heavy atom. The fourth-order valence-electron chi connectivity index (χ4n) is 3.17. The van der Waals surface area contributed by atoms with Crippen LogP contribution in [0, 0.1) is 0 Å². The monoisotopic (exact) mass is 391 g/mol. The van der Waals surface area contributed by atoms with Gasteiger partial charge in [0.15, 0.2) is 5.96 Å². The minimum Gasteiger partial charge on any atom is -0.496 e. The van der Waals surface area contributed by atoms with Crippen molar-refractivity contribution in [2.45, 2.75) is 26.4 Å². The van der Waals surface area contributed by atoms with Gasteiger partial charge in [-0.1, -0.05) is 42.5 Å². The van der Waals surface area contributed by atoms with Crippen LogP contribution in [0.4, 0.5) is 0 Å². The van der Waals surface area contributed by atoms with E-state index in [1.807, 2.05) is 35.1 Å². The molecule has 0 aliphatic rings. The summed E-state index contributed by atoms with van der Waals surface area (Å²) in [6.45, 7) is 5.03. The van der Waals surface area contributed by atoms with E-state index >= 15 is 0 Å². The standard InChI is InChI=1S/C23H29N5O/c1-3-24-23(25-15-13-19-9-6-7-12-22(19)29-2)26-17-20-10-4-5-11-21(20)18-28-16-8-14-27-28/h4-12,14,16H,3,13,15,17-18H2,1-2H3,(H2,24,25,26). The summed E-state index contributed by atoms with van der Waals surface area (Å²) in [6, 6.07) is 18.4. The highest BCUT2D eigenvalue weighted by Gasteiger charge is 2.05. The average Bonchev–Trinajstić information content (AvgIpc) is 3.26. The summed E-state index contributed by atoms with van der Waals surface area (Å²) in [5.74, 6) is 1.74. The third kappa shape index (κ3) is 6.10. The number of rotatable bonds is 9. The van der Waals surface area contributed by atoms with Gasteiger partial charge in [-0.2, -0.15) is 5.10 Å². The summed E-state index contributed by atoms with van der Waals surface area (Å²) in [5, 5.41) is 11.1. The Kier molecular flexibility index (Phi) is 7.69. The Labute approximate surface area is 172 Å². The van der Waals surface area contributed by atoms with Crippen molar-refractivity contribution in [1.82, 2.24) is 20.4 Å². The Hall–Kier alpha value is -3.28. The predicted molar refractivity (Wildman–Crippen MR) is 117 cm³/mol. The highest BCUT2D eigenvalue weighted by atomic mass is 16.5. The highest BCUT2D eigenvalue weighted by molar-refractivity contribution is 5.79. The Morgan fingerprint density at radius 2 is 1.76 bits per heavy atom. The lowest BCUT2D eigenvalue weighted by atomic mass is 10.1. The number of benzene rings is 2. The van der Waals surface area contributed by atoms with Crippen molar-refractivity contribution in [2.24, 2.45) is 4.99 Å². The van der Waals surface area contributed by atoms with Crippen molar-refractivity contribution >= 4 is 5.96 Å². The molecule has 3 aromatic rings. The van der Waals surface area contributed by atoms with Gasteiger partial charge in [-0.25, -0.2) is 4.99 Å². The molecule has 2 aromatic carbocycles. The molecule has 0 bridgehead atoms. The van der Waals surface area contributed by atoms with Crippen molar-refractivity contribution < 1.29 is 4.74 Å². The number of methoxy groups -OCH3 is 1. The maximum absolute atomic E-state index is 5.43. The number of hydrogen-bond donors (Lipinski definition) is 2. The molecule has 6 nitrogen and oxygen atoms in total. The van der Waals surface area contributed by atoms with Crippen LogP contribution in [0.1, 0.15) is 23.6 Å². The molecule has 2 N–H and O–H groups in total. The van der Waals surface area contributed by atoms with Crippen molar-refractivity contribution in [1.29, 1.82) is 0 Å².